The molecule has 4 aromatic rings. The van der Waals surface area contributed by atoms with E-state index < -0.39 is 5.91 Å². The molecule has 0 aliphatic carbocycles. The third kappa shape index (κ3) is 3.89. The molecule has 0 bridgehead atoms. The molecule has 5 heteroatoms. The van der Waals surface area contributed by atoms with Crippen LogP contribution in [0.4, 0.5) is 0 Å². The lowest BCUT2D eigenvalue weighted by Crippen LogP contribution is -2.25. The van der Waals surface area contributed by atoms with Gasteiger partial charge in [0.05, 0.1) is 11.8 Å². The van der Waals surface area contributed by atoms with Crippen LogP contribution in [0.5, 0.6) is 0 Å². The van der Waals surface area contributed by atoms with Gasteiger partial charge in [-0.1, -0.05) is 54.6 Å². The summed E-state index contributed by atoms with van der Waals surface area (Å²) in [4.78, 5) is 24.2. The number of nitrogens with one attached hydrogen (secondary N) is 1. The Hall–Kier alpha value is -3.86. The summed E-state index contributed by atoms with van der Waals surface area (Å²) in [6, 6.07) is 22.5. The molecular weight excluding hydrogens is 364 g/mol. The molecule has 1 heterocycles. The van der Waals surface area contributed by atoms with Crippen LogP contribution >= 0.6 is 0 Å². The molecule has 0 saturated carbocycles. The molecule has 0 spiro atoms. The first-order valence-electron chi connectivity index (χ1n) is 9.36. The highest BCUT2D eigenvalue weighted by molar-refractivity contribution is 6.08. The number of nitrogens with two attached hydrogens (primary N) is 1. The molecule has 0 fully saturated rings. The third-order valence-corrected chi connectivity index (χ3v) is 4.84. The van der Waals surface area contributed by atoms with Crippen LogP contribution in [-0.2, 0) is 6.42 Å². The molecule has 0 aliphatic rings. The number of primary amides is 1. The van der Waals surface area contributed by atoms with E-state index in [0.717, 1.165) is 22.9 Å². The Morgan fingerprint density at radius 1 is 0.931 bits per heavy atom. The first-order chi connectivity index (χ1) is 14.1. The predicted molar refractivity (Wildman–Crippen MR) is 113 cm³/mol. The average Bonchev–Trinajstić information content (AvgIpc) is 3.19. The fourth-order valence-electron chi connectivity index (χ4n) is 3.36. The van der Waals surface area contributed by atoms with Crippen molar-refractivity contribution in [2.45, 2.75) is 6.42 Å². The smallest absolute Gasteiger partial charge is 0.255 e. The van der Waals surface area contributed by atoms with Gasteiger partial charge in [-0.05, 0) is 35.7 Å². The van der Waals surface area contributed by atoms with Crippen molar-refractivity contribution in [2.24, 2.45) is 5.73 Å². The number of carbonyl (C=O) groups excluding carboxylic acids is 2. The summed E-state index contributed by atoms with van der Waals surface area (Å²) in [7, 11) is 0. The average molecular weight is 384 g/mol. The molecule has 0 aliphatic heterocycles. The largest absolute Gasteiger partial charge is 0.463 e. The van der Waals surface area contributed by atoms with Crippen LogP contribution in [0.2, 0.25) is 0 Å². The first kappa shape index (κ1) is 18.5. The number of para-hydroxylation sites is 1. The zero-order valence-corrected chi connectivity index (χ0v) is 15.7. The van der Waals surface area contributed by atoms with Crippen molar-refractivity contribution in [1.29, 1.82) is 0 Å². The molecule has 29 heavy (non-hydrogen) atoms. The zero-order valence-electron chi connectivity index (χ0n) is 15.7. The van der Waals surface area contributed by atoms with Crippen LogP contribution in [0.1, 0.15) is 26.3 Å². The van der Waals surface area contributed by atoms with Crippen LogP contribution in [-0.4, -0.2) is 18.4 Å². The minimum atomic E-state index is -0.488. The van der Waals surface area contributed by atoms with Gasteiger partial charge in [0.25, 0.3) is 5.91 Å². The van der Waals surface area contributed by atoms with Gasteiger partial charge in [0.1, 0.15) is 5.58 Å². The Kier molecular flexibility index (Phi) is 5.12. The van der Waals surface area contributed by atoms with Crippen molar-refractivity contribution >= 4 is 22.8 Å². The van der Waals surface area contributed by atoms with E-state index >= 15 is 0 Å². The van der Waals surface area contributed by atoms with Crippen LogP contribution in [0.15, 0.2) is 83.5 Å². The monoisotopic (exact) mass is 384 g/mol. The quantitative estimate of drug-likeness (QED) is 0.523. The van der Waals surface area contributed by atoms with Crippen molar-refractivity contribution in [1.82, 2.24) is 5.32 Å². The summed E-state index contributed by atoms with van der Waals surface area (Å²) in [5.74, 6) is -0.670. The number of amides is 2. The topological polar surface area (TPSA) is 85.3 Å². The van der Waals surface area contributed by atoms with Gasteiger partial charge in [0.2, 0.25) is 5.91 Å². The molecule has 0 saturated heterocycles. The van der Waals surface area contributed by atoms with Crippen molar-refractivity contribution in [3.8, 4) is 11.1 Å². The minimum Gasteiger partial charge on any atom is -0.463 e. The summed E-state index contributed by atoms with van der Waals surface area (Å²) in [6.45, 7) is 0.535. The number of hydrogen-bond donors (Lipinski definition) is 2. The Bertz CT molecular complexity index is 1180. The first-order valence-corrected chi connectivity index (χ1v) is 9.36. The minimum absolute atomic E-state index is 0.182. The number of hydrogen-bond acceptors (Lipinski definition) is 3. The molecule has 5 nitrogen and oxygen atoms in total. The second-order valence-electron chi connectivity index (χ2n) is 6.77. The number of benzene rings is 3. The molecule has 1 aromatic heterocycles. The zero-order chi connectivity index (χ0) is 20.2. The standard InChI is InChI=1S/C24H20N2O3/c25-23(27)18-9-4-8-17(14-18)21-15-29-22-19(21)10-5-11-20(22)24(28)26-13-12-16-6-2-1-3-7-16/h1-11,14-15H,12-13H2,(H2,25,27)(H,26,28). The highest BCUT2D eigenvalue weighted by Crippen LogP contribution is 2.32. The van der Waals surface area contributed by atoms with Crippen LogP contribution in [0, 0.1) is 0 Å². The van der Waals surface area contributed by atoms with E-state index in [2.05, 4.69) is 5.32 Å². The van der Waals surface area contributed by atoms with Gasteiger partial charge in [0.15, 0.2) is 0 Å². The maximum Gasteiger partial charge on any atom is 0.255 e. The molecule has 0 radical (unpaired) electrons. The van der Waals surface area contributed by atoms with E-state index in [4.69, 9.17) is 10.2 Å². The van der Waals surface area contributed by atoms with E-state index in [9.17, 15) is 9.59 Å². The Labute approximate surface area is 168 Å². The van der Waals surface area contributed by atoms with Gasteiger partial charge >= 0.3 is 0 Å². The van der Waals surface area contributed by atoms with E-state index in [0.29, 0.717) is 23.3 Å². The summed E-state index contributed by atoms with van der Waals surface area (Å²) in [6.07, 6.45) is 2.36. The lowest BCUT2D eigenvalue weighted by molar-refractivity contribution is 0.0953. The maximum absolute atomic E-state index is 12.7. The highest BCUT2D eigenvalue weighted by Gasteiger charge is 2.16. The molecule has 3 aromatic carbocycles. The van der Waals surface area contributed by atoms with Gasteiger partial charge in [0, 0.05) is 23.1 Å². The Morgan fingerprint density at radius 3 is 2.52 bits per heavy atom. The molecule has 4 rings (SSSR count). The summed E-state index contributed by atoms with van der Waals surface area (Å²) >= 11 is 0. The summed E-state index contributed by atoms with van der Waals surface area (Å²) < 4.78 is 5.74. The van der Waals surface area contributed by atoms with Gasteiger partial charge < -0.3 is 15.5 Å². The van der Waals surface area contributed by atoms with Gasteiger partial charge in [-0.2, -0.15) is 0 Å². The predicted octanol–water partition coefficient (Wildman–Crippen LogP) is 4.17. The molecule has 0 atom stereocenters. The van der Waals surface area contributed by atoms with Gasteiger partial charge in [-0.3, -0.25) is 9.59 Å². The van der Waals surface area contributed by atoms with Gasteiger partial charge in [-0.25, -0.2) is 0 Å². The van der Waals surface area contributed by atoms with Crippen LogP contribution in [0.3, 0.4) is 0 Å². The lowest BCUT2D eigenvalue weighted by atomic mass is 10.0. The molecule has 2 amide bonds. The third-order valence-electron chi connectivity index (χ3n) is 4.84. The van der Waals surface area contributed by atoms with Crippen LogP contribution < -0.4 is 11.1 Å². The van der Waals surface area contributed by atoms with E-state index in [-0.39, 0.29) is 5.91 Å². The molecule has 3 N–H and O–H groups in total. The van der Waals surface area contributed by atoms with Gasteiger partial charge in [-0.15, -0.1) is 0 Å². The maximum atomic E-state index is 12.7. The number of furan rings is 1. The molecular formula is C24H20N2O3. The summed E-state index contributed by atoms with van der Waals surface area (Å²) in [5.41, 5.74) is 9.59. The van der Waals surface area contributed by atoms with E-state index in [1.807, 2.05) is 48.5 Å². The van der Waals surface area contributed by atoms with Crippen molar-refractivity contribution in [3.05, 3.63) is 95.7 Å². The van der Waals surface area contributed by atoms with Crippen molar-refractivity contribution < 1.29 is 14.0 Å². The van der Waals surface area contributed by atoms with E-state index in [1.54, 1.807) is 30.5 Å². The number of rotatable bonds is 6. The SMILES string of the molecule is NC(=O)c1cccc(-c2coc3c(C(=O)NCCc4ccccc4)cccc23)c1. The van der Waals surface area contributed by atoms with Crippen molar-refractivity contribution in [2.75, 3.05) is 6.54 Å². The Morgan fingerprint density at radius 2 is 1.72 bits per heavy atom. The number of carbonyl (C=O) groups is 2. The number of fused-ring (bicyclic) bond motifs is 1. The second-order valence-corrected chi connectivity index (χ2v) is 6.77. The van der Waals surface area contributed by atoms with Crippen LogP contribution in [0.25, 0.3) is 22.1 Å². The fraction of sp³-hybridized carbons (Fsp3) is 0.0833. The molecule has 144 valence electrons. The Balaban J connectivity index is 1.58. The highest BCUT2D eigenvalue weighted by atomic mass is 16.3. The summed E-state index contributed by atoms with van der Waals surface area (Å²) in [5, 5.41) is 3.76. The fourth-order valence-corrected chi connectivity index (χ4v) is 3.36. The molecule has 0 unspecified atom stereocenters. The second kappa shape index (κ2) is 8.02. The van der Waals surface area contributed by atoms with E-state index in [1.165, 1.54) is 5.56 Å². The normalized spacial score (nSPS) is 10.8. The van der Waals surface area contributed by atoms with Crippen molar-refractivity contribution in [3.63, 3.8) is 0 Å². The lowest BCUT2D eigenvalue weighted by Gasteiger charge is -2.06.